The Morgan fingerprint density at radius 1 is 1.03 bits per heavy atom. The lowest BCUT2D eigenvalue weighted by atomic mass is 10.1. The molecule has 1 saturated heterocycles. The van der Waals surface area contributed by atoms with Gasteiger partial charge in [-0.05, 0) is 35.9 Å². The molecule has 4 rings (SSSR count). The lowest BCUT2D eigenvalue weighted by Crippen LogP contribution is -2.46. The summed E-state index contributed by atoms with van der Waals surface area (Å²) < 4.78 is 52.7. The number of rotatable bonds is 5. The van der Waals surface area contributed by atoms with Crippen molar-refractivity contribution in [3.05, 3.63) is 69.1 Å². The number of halogens is 4. The van der Waals surface area contributed by atoms with Crippen LogP contribution in [0.15, 0.2) is 41.3 Å². The molecule has 6 nitrogen and oxygen atoms in total. The molecule has 166 valence electrons. The first-order chi connectivity index (χ1) is 15.4. The molecule has 1 aliphatic rings. The van der Waals surface area contributed by atoms with Crippen molar-refractivity contribution >= 4 is 16.7 Å². The van der Waals surface area contributed by atoms with Crippen molar-refractivity contribution in [3.8, 4) is 6.07 Å². The number of H-pyrrole nitrogens is 1. The van der Waals surface area contributed by atoms with Crippen molar-refractivity contribution < 1.29 is 17.6 Å². The fourth-order valence-electron chi connectivity index (χ4n) is 3.88. The van der Waals surface area contributed by atoms with Crippen molar-refractivity contribution in [3.63, 3.8) is 0 Å². The fraction of sp³-hybridized carbons (Fsp3) is 0.318. The molecule has 32 heavy (non-hydrogen) atoms. The van der Waals surface area contributed by atoms with Gasteiger partial charge < -0.3 is 9.88 Å². The van der Waals surface area contributed by atoms with Gasteiger partial charge >= 0.3 is 0 Å². The lowest BCUT2D eigenvalue weighted by molar-refractivity contribution is 0.149. The van der Waals surface area contributed by atoms with Crippen molar-refractivity contribution in [1.82, 2.24) is 14.9 Å². The Bertz CT molecular complexity index is 1230. The van der Waals surface area contributed by atoms with E-state index >= 15 is 0 Å². The second-order valence-corrected chi connectivity index (χ2v) is 7.58. The maximum Gasteiger partial charge on any atom is 0.269 e. The Morgan fingerprint density at radius 3 is 2.41 bits per heavy atom. The number of fused-ring (bicyclic) bond motifs is 1. The molecule has 0 radical (unpaired) electrons. The van der Waals surface area contributed by atoms with Gasteiger partial charge in [-0.2, -0.15) is 5.26 Å². The third-order valence-corrected chi connectivity index (χ3v) is 5.52. The van der Waals surface area contributed by atoms with Gasteiger partial charge in [-0.1, -0.05) is 0 Å². The second-order valence-electron chi connectivity index (χ2n) is 7.58. The summed E-state index contributed by atoms with van der Waals surface area (Å²) in [5.41, 5.74) is 0.505. The molecule has 1 N–H and O–H groups in total. The van der Waals surface area contributed by atoms with Gasteiger partial charge in [0.15, 0.2) is 0 Å². The van der Waals surface area contributed by atoms with Gasteiger partial charge in [0.25, 0.3) is 18.4 Å². The molecule has 0 saturated carbocycles. The fourth-order valence-corrected chi connectivity index (χ4v) is 3.88. The minimum atomic E-state index is -2.87. The van der Waals surface area contributed by atoms with Crippen LogP contribution in [-0.4, -0.2) is 41.0 Å². The molecule has 0 spiro atoms. The van der Waals surface area contributed by atoms with Gasteiger partial charge in [0.05, 0.1) is 28.2 Å². The normalized spacial score (nSPS) is 15.0. The van der Waals surface area contributed by atoms with Crippen LogP contribution >= 0.6 is 0 Å². The Hall–Kier alpha value is -3.45. The first kappa shape index (κ1) is 21.8. The van der Waals surface area contributed by atoms with E-state index in [0.717, 1.165) is 11.6 Å². The first-order valence-electron chi connectivity index (χ1n) is 9.95. The highest BCUT2D eigenvalue weighted by molar-refractivity contribution is 5.75. The summed E-state index contributed by atoms with van der Waals surface area (Å²) in [7, 11) is 0. The molecule has 0 atom stereocenters. The number of alkyl halides is 4. The number of aromatic amines is 1. The topological polar surface area (TPSA) is 76.0 Å². The molecule has 1 aliphatic heterocycles. The molecule has 10 heteroatoms. The number of anilines is 1. The number of nitrogens with one attached hydrogen (secondary N) is 1. The predicted molar refractivity (Wildman–Crippen MR) is 111 cm³/mol. The van der Waals surface area contributed by atoms with E-state index in [1.807, 2.05) is 11.0 Å². The second kappa shape index (κ2) is 8.96. The van der Waals surface area contributed by atoms with Gasteiger partial charge in [0, 0.05) is 50.2 Å². The van der Waals surface area contributed by atoms with Gasteiger partial charge in [0.2, 0.25) is 0 Å². The Kier molecular flexibility index (Phi) is 6.10. The van der Waals surface area contributed by atoms with Crippen LogP contribution in [0, 0.1) is 11.3 Å². The quantitative estimate of drug-likeness (QED) is 0.601. The summed E-state index contributed by atoms with van der Waals surface area (Å²) in [4.78, 5) is 22.5. The predicted octanol–water partition coefficient (Wildman–Crippen LogP) is 3.99. The third kappa shape index (κ3) is 4.43. The van der Waals surface area contributed by atoms with Crippen LogP contribution < -0.4 is 10.5 Å². The number of benzene rings is 1. The molecule has 0 unspecified atom stereocenters. The van der Waals surface area contributed by atoms with Crippen LogP contribution in [0.1, 0.15) is 35.1 Å². The maximum absolute atomic E-state index is 13.5. The largest absolute Gasteiger partial charge is 0.369 e. The molecular weight excluding hydrogens is 426 g/mol. The highest BCUT2D eigenvalue weighted by Crippen LogP contribution is 2.31. The van der Waals surface area contributed by atoms with Crippen molar-refractivity contribution in [2.75, 3.05) is 31.1 Å². The van der Waals surface area contributed by atoms with E-state index in [2.05, 4.69) is 14.9 Å². The molecule has 1 aromatic carbocycles. The standard InChI is InChI=1S/C22H19F4N5O/c23-20(24)15-7-13(10-27)1-2-19(15)31-5-3-30(4-6-31)12-14-8-18-17(28-11-14)9-16(21(25)26)22(32)29-18/h1-2,7-9,11,20-21H,3-6,12H2,(H,29,32). The Labute approximate surface area is 180 Å². The lowest BCUT2D eigenvalue weighted by Gasteiger charge is -2.37. The van der Waals surface area contributed by atoms with Crippen molar-refractivity contribution in [2.45, 2.75) is 19.4 Å². The van der Waals surface area contributed by atoms with Crippen LogP contribution in [0.4, 0.5) is 23.2 Å². The van der Waals surface area contributed by atoms with Crippen molar-refractivity contribution in [1.29, 1.82) is 5.26 Å². The summed E-state index contributed by atoms with van der Waals surface area (Å²) in [6, 6.07) is 9.02. The van der Waals surface area contributed by atoms with Gasteiger partial charge in [0.1, 0.15) is 0 Å². The van der Waals surface area contributed by atoms with E-state index in [0.29, 0.717) is 43.9 Å². The number of piperazine rings is 1. The monoisotopic (exact) mass is 445 g/mol. The SMILES string of the molecule is N#Cc1ccc(N2CCN(Cc3cnc4cc(C(F)F)c(=O)[nH]c4c3)CC2)c(C(F)F)c1. The number of aromatic nitrogens is 2. The summed E-state index contributed by atoms with van der Waals surface area (Å²) in [5, 5.41) is 8.97. The van der Waals surface area contributed by atoms with Crippen LogP contribution in [0.3, 0.4) is 0 Å². The van der Waals surface area contributed by atoms with E-state index in [1.54, 1.807) is 18.3 Å². The summed E-state index contributed by atoms with van der Waals surface area (Å²) in [6.45, 7) is 2.80. The summed E-state index contributed by atoms with van der Waals surface area (Å²) >= 11 is 0. The zero-order valence-corrected chi connectivity index (χ0v) is 16.9. The minimum Gasteiger partial charge on any atom is -0.369 e. The zero-order valence-electron chi connectivity index (χ0n) is 16.9. The van der Waals surface area contributed by atoms with Gasteiger partial charge in [-0.25, -0.2) is 17.6 Å². The number of nitrogens with zero attached hydrogens (tertiary/aromatic N) is 4. The summed E-state index contributed by atoms with van der Waals surface area (Å²) in [6.07, 6.45) is -3.96. The maximum atomic E-state index is 13.5. The van der Waals surface area contributed by atoms with Gasteiger partial charge in [-0.3, -0.25) is 14.7 Å². The van der Waals surface area contributed by atoms with E-state index in [4.69, 9.17) is 5.26 Å². The first-order valence-corrected chi connectivity index (χ1v) is 9.95. The Balaban J connectivity index is 1.45. The van der Waals surface area contributed by atoms with E-state index in [1.165, 1.54) is 12.1 Å². The number of hydrogen-bond acceptors (Lipinski definition) is 5. The number of pyridine rings is 2. The average Bonchev–Trinajstić information content (AvgIpc) is 2.78. The van der Waals surface area contributed by atoms with Crippen LogP contribution in [0.5, 0.6) is 0 Å². The van der Waals surface area contributed by atoms with E-state index < -0.39 is 24.0 Å². The number of nitriles is 1. The summed E-state index contributed by atoms with van der Waals surface area (Å²) in [5.74, 6) is 0. The minimum absolute atomic E-state index is 0.150. The molecule has 3 heterocycles. The number of hydrogen-bond donors (Lipinski definition) is 1. The van der Waals surface area contributed by atoms with Crippen molar-refractivity contribution in [2.24, 2.45) is 0 Å². The highest BCUT2D eigenvalue weighted by Gasteiger charge is 2.23. The van der Waals surface area contributed by atoms with E-state index in [-0.39, 0.29) is 16.6 Å². The molecule has 1 fully saturated rings. The zero-order chi connectivity index (χ0) is 22.8. The average molecular weight is 445 g/mol. The third-order valence-electron chi connectivity index (χ3n) is 5.52. The molecular formula is C22H19F4N5O. The molecule has 3 aromatic rings. The van der Waals surface area contributed by atoms with E-state index in [9.17, 15) is 22.4 Å². The molecule has 2 aromatic heterocycles. The molecule has 0 amide bonds. The van der Waals surface area contributed by atoms with Crippen LogP contribution in [-0.2, 0) is 6.54 Å². The smallest absolute Gasteiger partial charge is 0.269 e. The van der Waals surface area contributed by atoms with Crippen LogP contribution in [0.2, 0.25) is 0 Å². The molecule has 0 bridgehead atoms. The highest BCUT2D eigenvalue weighted by atomic mass is 19.3. The van der Waals surface area contributed by atoms with Gasteiger partial charge in [-0.15, -0.1) is 0 Å². The molecule has 0 aliphatic carbocycles. The Morgan fingerprint density at radius 2 is 1.75 bits per heavy atom. The van der Waals surface area contributed by atoms with Crippen LogP contribution in [0.25, 0.3) is 11.0 Å².